The van der Waals surface area contributed by atoms with Gasteiger partial charge in [0, 0.05) is 15.1 Å². The van der Waals surface area contributed by atoms with Crippen molar-refractivity contribution in [2.75, 3.05) is 0 Å². The van der Waals surface area contributed by atoms with Crippen molar-refractivity contribution in [2.45, 2.75) is 17.1 Å². The average molecular weight is 224 g/mol. The maximum Gasteiger partial charge on any atom is 0.0543 e. The molecule has 0 N–H and O–H groups in total. The number of thiophene rings is 1. The lowest BCUT2D eigenvalue weighted by Gasteiger charge is -2.23. The van der Waals surface area contributed by atoms with Gasteiger partial charge in [-0.15, -0.1) is 23.1 Å². The summed E-state index contributed by atoms with van der Waals surface area (Å²) in [5.74, 6) is 0. The fourth-order valence-corrected chi connectivity index (χ4v) is 5.28. The van der Waals surface area contributed by atoms with Gasteiger partial charge >= 0.3 is 0 Å². The lowest BCUT2D eigenvalue weighted by atomic mass is 10.3. The maximum atomic E-state index is 2.38. The second-order valence-corrected chi connectivity index (χ2v) is 6.53. The Morgan fingerprint density at radius 3 is 3.15 bits per heavy atom. The highest BCUT2D eigenvalue weighted by molar-refractivity contribution is 8.12. The minimum absolute atomic E-state index is 0.582. The Hall–Kier alpha value is -0.120. The van der Waals surface area contributed by atoms with Crippen molar-refractivity contribution >= 4 is 39.8 Å². The van der Waals surface area contributed by atoms with E-state index < -0.39 is 0 Å². The highest BCUT2D eigenvalue weighted by atomic mass is 32.2. The van der Waals surface area contributed by atoms with Gasteiger partial charge in [0.15, 0.2) is 0 Å². The third-order valence-electron chi connectivity index (χ3n) is 2.10. The largest absolute Gasteiger partial charge is 0.142 e. The van der Waals surface area contributed by atoms with Gasteiger partial charge in [0.1, 0.15) is 0 Å². The zero-order chi connectivity index (χ0) is 8.84. The number of hydrogen-bond donors (Lipinski definition) is 0. The Kier molecular flexibility index (Phi) is 1.86. The molecule has 0 aromatic carbocycles. The molecule has 1 atom stereocenters. The van der Waals surface area contributed by atoms with Crippen LogP contribution in [0.3, 0.4) is 0 Å². The van der Waals surface area contributed by atoms with Gasteiger partial charge < -0.3 is 0 Å². The predicted octanol–water partition coefficient (Wildman–Crippen LogP) is 4.21. The quantitative estimate of drug-likeness (QED) is 0.647. The normalized spacial score (nSPS) is 24.8. The molecule has 66 valence electrons. The van der Waals surface area contributed by atoms with Crippen LogP contribution in [-0.2, 0) is 0 Å². The van der Waals surface area contributed by atoms with E-state index in [1.54, 1.807) is 0 Å². The number of hydrogen-bond acceptors (Lipinski definition) is 3. The summed E-state index contributed by atoms with van der Waals surface area (Å²) in [5.41, 5.74) is 0. The van der Waals surface area contributed by atoms with Gasteiger partial charge in [0.05, 0.1) is 4.88 Å². The molecule has 2 aliphatic heterocycles. The van der Waals surface area contributed by atoms with Gasteiger partial charge in [-0.3, -0.25) is 0 Å². The third-order valence-corrected chi connectivity index (χ3v) is 5.46. The van der Waals surface area contributed by atoms with Crippen molar-refractivity contribution in [1.29, 1.82) is 0 Å². The van der Waals surface area contributed by atoms with Crippen LogP contribution in [0.4, 0.5) is 0 Å². The Morgan fingerprint density at radius 1 is 1.31 bits per heavy atom. The highest BCUT2D eigenvalue weighted by Gasteiger charge is 2.24. The van der Waals surface area contributed by atoms with E-state index in [9.17, 15) is 0 Å². The van der Waals surface area contributed by atoms with Gasteiger partial charge in [0.25, 0.3) is 0 Å². The minimum Gasteiger partial charge on any atom is -0.142 e. The molecule has 0 spiro atoms. The summed E-state index contributed by atoms with van der Waals surface area (Å²) in [5, 5.41) is 2.77. The summed E-state index contributed by atoms with van der Waals surface area (Å²) in [6.07, 6.45) is 4.72. The molecule has 2 bridgehead atoms. The molecular formula is C10H8S3. The van der Waals surface area contributed by atoms with Gasteiger partial charge in [-0.25, -0.2) is 0 Å². The molecule has 13 heavy (non-hydrogen) atoms. The van der Waals surface area contributed by atoms with Crippen molar-refractivity contribution in [3.05, 3.63) is 33.4 Å². The van der Waals surface area contributed by atoms with Crippen LogP contribution in [-0.4, -0.2) is 5.25 Å². The van der Waals surface area contributed by atoms with E-state index in [-0.39, 0.29) is 0 Å². The topological polar surface area (TPSA) is 0 Å². The van der Waals surface area contributed by atoms with E-state index in [0.717, 1.165) is 0 Å². The molecule has 1 aromatic rings. The summed E-state index contributed by atoms with van der Waals surface area (Å²) in [4.78, 5) is 5.84. The first-order chi connectivity index (χ1) is 6.33. The van der Waals surface area contributed by atoms with Gasteiger partial charge in [-0.1, -0.05) is 23.9 Å². The van der Waals surface area contributed by atoms with E-state index in [1.807, 2.05) is 34.9 Å². The van der Waals surface area contributed by atoms with E-state index in [1.165, 1.54) is 19.6 Å². The van der Waals surface area contributed by atoms with Crippen LogP contribution >= 0.6 is 34.9 Å². The van der Waals surface area contributed by atoms with Crippen molar-refractivity contribution in [1.82, 2.24) is 0 Å². The smallest absolute Gasteiger partial charge is 0.0543 e. The van der Waals surface area contributed by atoms with Crippen LogP contribution in [0, 0.1) is 0 Å². The second kappa shape index (κ2) is 2.94. The minimum atomic E-state index is 0.582. The van der Waals surface area contributed by atoms with Crippen LogP contribution in [0.2, 0.25) is 0 Å². The maximum absolute atomic E-state index is 2.38. The van der Waals surface area contributed by atoms with Gasteiger partial charge in [-0.05, 0) is 23.3 Å². The molecule has 3 rings (SSSR count). The van der Waals surface area contributed by atoms with Crippen molar-refractivity contribution < 1.29 is 0 Å². The van der Waals surface area contributed by atoms with E-state index in [2.05, 4.69) is 30.5 Å². The second-order valence-electron chi connectivity index (χ2n) is 3.11. The zero-order valence-electron chi connectivity index (χ0n) is 7.11. The SMILES string of the molecule is CC1=CC2C=C(S1)c1sccc1S2. The molecule has 1 unspecified atom stereocenters. The molecule has 0 nitrogen and oxygen atoms in total. The van der Waals surface area contributed by atoms with Crippen molar-refractivity contribution in [3.8, 4) is 0 Å². The molecule has 0 radical (unpaired) electrons. The molecule has 0 saturated carbocycles. The van der Waals surface area contributed by atoms with Crippen LogP contribution < -0.4 is 0 Å². The standard InChI is InChI=1S/C10H8S3/c1-6-4-7-5-9(12-6)10-8(13-7)2-3-11-10/h2-5,7H,1H3. The Balaban J connectivity index is 2.12. The number of allylic oxidation sites excluding steroid dienone is 1. The molecule has 3 heteroatoms. The third kappa shape index (κ3) is 1.30. The zero-order valence-corrected chi connectivity index (χ0v) is 9.56. The fraction of sp³-hybridized carbons (Fsp3) is 0.200. The van der Waals surface area contributed by atoms with E-state index in [0.29, 0.717) is 5.25 Å². The molecular weight excluding hydrogens is 216 g/mol. The Morgan fingerprint density at radius 2 is 2.23 bits per heavy atom. The molecule has 0 saturated heterocycles. The van der Waals surface area contributed by atoms with Crippen LogP contribution in [0.15, 0.2) is 33.4 Å². The monoisotopic (exact) mass is 224 g/mol. The Labute approximate surface area is 90.1 Å². The average Bonchev–Trinajstić information content (AvgIpc) is 2.50. The van der Waals surface area contributed by atoms with Crippen LogP contribution in [0.25, 0.3) is 4.91 Å². The highest BCUT2D eigenvalue weighted by Crippen LogP contribution is 2.50. The number of rotatable bonds is 0. The molecule has 0 amide bonds. The molecule has 1 aromatic heterocycles. The molecule has 2 aliphatic rings. The molecule has 0 aliphatic carbocycles. The van der Waals surface area contributed by atoms with Crippen molar-refractivity contribution in [3.63, 3.8) is 0 Å². The van der Waals surface area contributed by atoms with E-state index in [4.69, 9.17) is 0 Å². The van der Waals surface area contributed by atoms with Crippen LogP contribution in [0.5, 0.6) is 0 Å². The predicted molar refractivity (Wildman–Crippen MR) is 63.3 cm³/mol. The van der Waals surface area contributed by atoms with Gasteiger partial charge in [-0.2, -0.15) is 0 Å². The number of thioether (sulfide) groups is 2. The van der Waals surface area contributed by atoms with E-state index >= 15 is 0 Å². The van der Waals surface area contributed by atoms with Gasteiger partial charge in [0.2, 0.25) is 0 Å². The molecule has 3 heterocycles. The number of fused-ring (bicyclic) bond motifs is 3. The molecule has 0 fully saturated rings. The first kappa shape index (κ1) is 8.21. The summed E-state index contributed by atoms with van der Waals surface area (Å²) in [6, 6.07) is 2.24. The van der Waals surface area contributed by atoms with Crippen LogP contribution in [0.1, 0.15) is 11.8 Å². The summed E-state index contributed by atoms with van der Waals surface area (Å²) in [6.45, 7) is 2.20. The van der Waals surface area contributed by atoms with Crippen molar-refractivity contribution in [2.24, 2.45) is 0 Å². The summed E-state index contributed by atoms with van der Waals surface area (Å²) < 4.78 is 0. The first-order valence-electron chi connectivity index (χ1n) is 4.15. The lowest BCUT2D eigenvalue weighted by molar-refractivity contribution is 1.34. The summed E-state index contributed by atoms with van der Waals surface area (Å²) >= 11 is 5.73. The lowest BCUT2D eigenvalue weighted by Crippen LogP contribution is -2.04. The Bertz CT molecular complexity index is 412. The summed E-state index contributed by atoms with van der Waals surface area (Å²) in [7, 11) is 0. The first-order valence-corrected chi connectivity index (χ1v) is 6.73. The fourth-order valence-electron chi connectivity index (χ4n) is 1.58.